The fraction of sp³-hybridized carbons (Fsp3) is 0.364. The second kappa shape index (κ2) is 5.24. The number of hydrogen-bond donors (Lipinski definition) is 2. The first-order chi connectivity index (χ1) is 7.09. The highest BCUT2D eigenvalue weighted by molar-refractivity contribution is 5.64. The highest BCUT2D eigenvalue weighted by Gasteiger charge is 1.98. The molecule has 1 aromatic rings. The molecule has 15 heavy (non-hydrogen) atoms. The Hall–Kier alpha value is -1.71. The van der Waals surface area contributed by atoms with Gasteiger partial charge in [0.15, 0.2) is 0 Å². The lowest BCUT2D eigenvalue weighted by Crippen LogP contribution is -2.26. The average Bonchev–Trinajstić information content (AvgIpc) is 2.18. The summed E-state index contributed by atoms with van der Waals surface area (Å²) in [6.07, 6.45) is -1.03. The predicted molar refractivity (Wildman–Crippen MR) is 57.4 cm³/mol. The van der Waals surface area contributed by atoms with E-state index in [2.05, 4.69) is 5.32 Å². The van der Waals surface area contributed by atoms with E-state index in [1.807, 2.05) is 32.0 Å². The summed E-state index contributed by atoms with van der Waals surface area (Å²) >= 11 is 0. The van der Waals surface area contributed by atoms with Crippen LogP contribution in [0.1, 0.15) is 11.1 Å². The highest BCUT2D eigenvalue weighted by atomic mass is 16.5. The van der Waals surface area contributed by atoms with E-state index in [-0.39, 0.29) is 0 Å². The third-order valence-corrected chi connectivity index (χ3v) is 2.13. The Bertz CT molecular complexity index is 350. The van der Waals surface area contributed by atoms with Crippen molar-refractivity contribution in [1.82, 2.24) is 5.32 Å². The van der Waals surface area contributed by atoms with Crippen molar-refractivity contribution in [2.75, 3.05) is 13.2 Å². The van der Waals surface area contributed by atoms with Gasteiger partial charge in [-0.2, -0.15) is 0 Å². The van der Waals surface area contributed by atoms with Crippen LogP contribution in [-0.2, 0) is 0 Å². The van der Waals surface area contributed by atoms with Gasteiger partial charge in [-0.05, 0) is 37.1 Å². The summed E-state index contributed by atoms with van der Waals surface area (Å²) in [5.74, 6) is 0.769. The molecular weight excluding hydrogens is 194 g/mol. The van der Waals surface area contributed by atoms with E-state index in [4.69, 9.17) is 9.84 Å². The molecule has 0 unspecified atom stereocenters. The van der Waals surface area contributed by atoms with E-state index >= 15 is 0 Å². The van der Waals surface area contributed by atoms with Crippen molar-refractivity contribution in [3.05, 3.63) is 29.3 Å². The molecule has 0 saturated carbocycles. The molecule has 0 atom stereocenters. The molecule has 0 aromatic heterocycles. The molecule has 4 nitrogen and oxygen atoms in total. The van der Waals surface area contributed by atoms with E-state index in [9.17, 15) is 4.79 Å². The predicted octanol–water partition coefficient (Wildman–Crippen LogP) is 1.95. The standard InChI is InChI=1S/C11H15NO3/c1-8-3-4-10(7-9(8)2)15-6-5-12-11(13)14/h3-4,7,12H,5-6H2,1-2H3,(H,13,14). The van der Waals surface area contributed by atoms with Crippen LogP contribution in [0.2, 0.25) is 0 Å². The first-order valence-electron chi connectivity index (χ1n) is 4.76. The number of ether oxygens (including phenoxy) is 1. The zero-order chi connectivity index (χ0) is 11.3. The van der Waals surface area contributed by atoms with Crippen LogP contribution in [0.4, 0.5) is 4.79 Å². The summed E-state index contributed by atoms with van der Waals surface area (Å²) in [6, 6.07) is 5.80. The minimum atomic E-state index is -1.03. The Morgan fingerprint density at radius 2 is 2.13 bits per heavy atom. The number of amides is 1. The molecule has 0 saturated heterocycles. The van der Waals surface area contributed by atoms with Crippen molar-refractivity contribution < 1.29 is 14.6 Å². The first-order valence-corrected chi connectivity index (χ1v) is 4.76. The van der Waals surface area contributed by atoms with Crippen molar-refractivity contribution in [2.24, 2.45) is 0 Å². The molecule has 2 N–H and O–H groups in total. The van der Waals surface area contributed by atoms with E-state index in [0.717, 1.165) is 5.75 Å². The lowest BCUT2D eigenvalue weighted by Gasteiger charge is -2.07. The smallest absolute Gasteiger partial charge is 0.404 e. The summed E-state index contributed by atoms with van der Waals surface area (Å²) in [5.41, 5.74) is 2.38. The fourth-order valence-electron chi connectivity index (χ4n) is 1.13. The third-order valence-electron chi connectivity index (χ3n) is 2.13. The Kier molecular flexibility index (Phi) is 3.97. The van der Waals surface area contributed by atoms with Crippen molar-refractivity contribution in [2.45, 2.75) is 13.8 Å². The molecule has 0 aliphatic carbocycles. The summed E-state index contributed by atoms with van der Waals surface area (Å²) in [4.78, 5) is 10.1. The fourth-order valence-corrected chi connectivity index (χ4v) is 1.13. The second-order valence-electron chi connectivity index (χ2n) is 3.33. The average molecular weight is 209 g/mol. The van der Waals surface area contributed by atoms with Gasteiger partial charge >= 0.3 is 6.09 Å². The number of rotatable bonds is 4. The van der Waals surface area contributed by atoms with E-state index in [1.54, 1.807) is 0 Å². The number of hydrogen-bond acceptors (Lipinski definition) is 2. The van der Waals surface area contributed by atoms with Crippen molar-refractivity contribution in [3.63, 3.8) is 0 Å². The van der Waals surface area contributed by atoms with Gasteiger partial charge in [0.1, 0.15) is 12.4 Å². The number of aryl methyl sites for hydroxylation is 2. The van der Waals surface area contributed by atoms with Crippen LogP contribution in [0.15, 0.2) is 18.2 Å². The zero-order valence-electron chi connectivity index (χ0n) is 8.91. The molecule has 4 heteroatoms. The van der Waals surface area contributed by atoms with Gasteiger partial charge < -0.3 is 15.2 Å². The van der Waals surface area contributed by atoms with E-state index in [0.29, 0.717) is 13.2 Å². The van der Waals surface area contributed by atoms with Crippen LogP contribution in [0.3, 0.4) is 0 Å². The Morgan fingerprint density at radius 3 is 2.73 bits per heavy atom. The molecule has 1 aromatic carbocycles. The molecule has 82 valence electrons. The van der Waals surface area contributed by atoms with Gasteiger partial charge in [-0.15, -0.1) is 0 Å². The van der Waals surface area contributed by atoms with Crippen LogP contribution in [-0.4, -0.2) is 24.4 Å². The van der Waals surface area contributed by atoms with Crippen LogP contribution in [0.25, 0.3) is 0 Å². The third kappa shape index (κ3) is 3.89. The van der Waals surface area contributed by atoms with Crippen LogP contribution < -0.4 is 10.1 Å². The van der Waals surface area contributed by atoms with Gasteiger partial charge in [0, 0.05) is 0 Å². The maximum Gasteiger partial charge on any atom is 0.404 e. The maximum atomic E-state index is 10.1. The molecule has 0 heterocycles. The highest BCUT2D eigenvalue weighted by Crippen LogP contribution is 2.15. The largest absolute Gasteiger partial charge is 0.492 e. The van der Waals surface area contributed by atoms with Gasteiger partial charge in [-0.25, -0.2) is 4.79 Å². The van der Waals surface area contributed by atoms with Gasteiger partial charge in [-0.3, -0.25) is 0 Å². The molecule has 1 amide bonds. The van der Waals surface area contributed by atoms with Crippen molar-refractivity contribution in [3.8, 4) is 5.75 Å². The van der Waals surface area contributed by atoms with Gasteiger partial charge in [-0.1, -0.05) is 6.07 Å². The van der Waals surface area contributed by atoms with Crippen molar-refractivity contribution in [1.29, 1.82) is 0 Å². The summed E-state index contributed by atoms with van der Waals surface area (Å²) in [6.45, 7) is 4.68. The number of nitrogens with one attached hydrogen (secondary N) is 1. The number of benzene rings is 1. The maximum absolute atomic E-state index is 10.1. The lowest BCUT2D eigenvalue weighted by molar-refractivity contribution is 0.191. The van der Waals surface area contributed by atoms with Gasteiger partial charge in [0.25, 0.3) is 0 Å². The lowest BCUT2D eigenvalue weighted by atomic mass is 10.1. The van der Waals surface area contributed by atoms with Crippen LogP contribution in [0.5, 0.6) is 5.75 Å². The normalized spacial score (nSPS) is 9.73. The second-order valence-corrected chi connectivity index (χ2v) is 3.33. The Labute approximate surface area is 88.9 Å². The topological polar surface area (TPSA) is 58.6 Å². The van der Waals surface area contributed by atoms with Gasteiger partial charge in [0.2, 0.25) is 0 Å². The Morgan fingerprint density at radius 1 is 1.40 bits per heavy atom. The minimum Gasteiger partial charge on any atom is -0.492 e. The summed E-state index contributed by atoms with van der Waals surface area (Å²) < 4.78 is 5.37. The quantitative estimate of drug-likeness (QED) is 0.745. The zero-order valence-corrected chi connectivity index (χ0v) is 8.91. The van der Waals surface area contributed by atoms with E-state index in [1.165, 1.54) is 11.1 Å². The molecule has 0 aliphatic heterocycles. The molecular formula is C11H15NO3. The molecule has 0 aliphatic rings. The first kappa shape index (κ1) is 11.4. The Balaban J connectivity index is 2.38. The monoisotopic (exact) mass is 209 g/mol. The SMILES string of the molecule is Cc1ccc(OCCNC(=O)O)cc1C. The molecule has 0 bridgehead atoms. The van der Waals surface area contributed by atoms with Crippen LogP contribution >= 0.6 is 0 Å². The summed E-state index contributed by atoms with van der Waals surface area (Å²) in [7, 11) is 0. The molecule has 0 fully saturated rings. The van der Waals surface area contributed by atoms with E-state index < -0.39 is 6.09 Å². The summed E-state index contributed by atoms with van der Waals surface area (Å²) in [5, 5.41) is 10.6. The van der Waals surface area contributed by atoms with Crippen molar-refractivity contribution >= 4 is 6.09 Å². The molecule has 0 radical (unpaired) electrons. The number of carbonyl (C=O) groups is 1. The number of carboxylic acid groups (broad SMARTS) is 1. The minimum absolute atomic E-state index is 0.294. The molecule has 0 spiro atoms. The molecule has 1 rings (SSSR count). The van der Waals surface area contributed by atoms with Gasteiger partial charge in [0.05, 0.1) is 6.54 Å². The van der Waals surface area contributed by atoms with Crippen LogP contribution in [0, 0.1) is 13.8 Å².